The van der Waals surface area contributed by atoms with Crippen molar-refractivity contribution in [2.45, 2.75) is 33.2 Å². The summed E-state index contributed by atoms with van der Waals surface area (Å²) in [5.41, 5.74) is 7.30. The molecule has 0 aliphatic heterocycles. The summed E-state index contributed by atoms with van der Waals surface area (Å²) >= 11 is 11.0. The largest absolute Gasteiger partial charge is 0.389 e. The molecule has 0 saturated heterocycles. The summed E-state index contributed by atoms with van der Waals surface area (Å²) in [4.78, 5) is 0.331. The molecular weight excluding hydrogens is 252 g/mol. The molecule has 1 rings (SSSR count). The quantitative estimate of drug-likeness (QED) is 0.799. The molecule has 1 aromatic carbocycles. The lowest BCUT2D eigenvalue weighted by Crippen LogP contribution is -2.24. The van der Waals surface area contributed by atoms with E-state index < -0.39 is 0 Å². The maximum atomic E-state index is 6.12. The van der Waals surface area contributed by atoms with E-state index in [1.807, 2.05) is 18.2 Å². The molecule has 0 fully saturated rings. The van der Waals surface area contributed by atoms with Crippen LogP contribution in [0.15, 0.2) is 18.2 Å². The second-order valence-corrected chi connectivity index (χ2v) is 5.31. The fourth-order valence-corrected chi connectivity index (χ4v) is 2.28. The molecule has 4 heteroatoms. The van der Waals surface area contributed by atoms with Gasteiger partial charge in [0.05, 0.1) is 5.02 Å². The Kier molecular flexibility index (Phi) is 5.22. The summed E-state index contributed by atoms with van der Waals surface area (Å²) in [6, 6.07) is 6.15. The number of hydrogen-bond donors (Lipinski definition) is 2. The Morgan fingerprint density at radius 1 is 1.47 bits per heavy atom. The van der Waals surface area contributed by atoms with Crippen molar-refractivity contribution in [3.63, 3.8) is 0 Å². The van der Waals surface area contributed by atoms with Crippen LogP contribution in [0.3, 0.4) is 0 Å². The van der Waals surface area contributed by atoms with Crippen molar-refractivity contribution in [2.24, 2.45) is 11.7 Å². The van der Waals surface area contributed by atoms with Crippen molar-refractivity contribution in [2.75, 3.05) is 5.32 Å². The molecule has 0 bridgehead atoms. The first-order valence-corrected chi connectivity index (χ1v) is 6.60. The topological polar surface area (TPSA) is 38.0 Å². The first-order valence-electron chi connectivity index (χ1n) is 5.81. The van der Waals surface area contributed by atoms with Crippen molar-refractivity contribution in [3.05, 3.63) is 28.8 Å². The standard InChI is InChI=1S/C13H19ClN2S/c1-4-12(8(2)3)16-9-5-6-10(13(15)17)11(14)7-9/h5-8,12,16H,4H2,1-3H3,(H2,15,17). The molecule has 2 nitrogen and oxygen atoms in total. The van der Waals surface area contributed by atoms with Crippen molar-refractivity contribution >= 4 is 34.5 Å². The van der Waals surface area contributed by atoms with E-state index in [4.69, 9.17) is 29.6 Å². The predicted molar refractivity (Wildman–Crippen MR) is 79.9 cm³/mol. The Balaban J connectivity index is 2.87. The summed E-state index contributed by atoms with van der Waals surface area (Å²) in [7, 11) is 0. The van der Waals surface area contributed by atoms with Crippen molar-refractivity contribution in [1.29, 1.82) is 0 Å². The van der Waals surface area contributed by atoms with E-state index >= 15 is 0 Å². The van der Waals surface area contributed by atoms with E-state index in [0.717, 1.165) is 17.7 Å². The smallest absolute Gasteiger partial charge is 0.105 e. The van der Waals surface area contributed by atoms with Crippen LogP contribution < -0.4 is 11.1 Å². The van der Waals surface area contributed by atoms with Gasteiger partial charge in [-0.15, -0.1) is 0 Å². The molecule has 0 aliphatic rings. The van der Waals surface area contributed by atoms with E-state index in [0.29, 0.717) is 22.0 Å². The lowest BCUT2D eigenvalue weighted by molar-refractivity contribution is 0.511. The van der Waals surface area contributed by atoms with Gasteiger partial charge in [-0.1, -0.05) is 44.6 Å². The normalized spacial score (nSPS) is 12.5. The minimum absolute atomic E-state index is 0.331. The van der Waals surface area contributed by atoms with Crippen molar-refractivity contribution < 1.29 is 0 Å². The van der Waals surface area contributed by atoms with E-state index in [1.165, 1.54) is 0 Å². The molecule has 0 spiro atoms. The average molecular weight is 271 g/mol. The fraction of sp³-hybridized carbons (Fsp3) is 0.462. The predicted octanol–water partition coefficient (Wildman–Crippen LogP) is 3.82. The van der Waals surface area contributed by atoms with Crippen LogP contribution in [0.25, 0.3) is 0 Å². The van der Waals surface area contributed by atoms with Crippen LogP contribution in [0.4, 0.5) is 5.69 Å². The first-order chi connectivity index (χ1) is 7.95. The third-order valence-electron chi connectivity index (χ3n) is 2.83. The number of thiocarbonyl (C=S) groups is 1. The highest BCUT2D eigenvalue weighted by Crippen LogP contribution is 2.23. The molecule has 0 heterocycles. The molecule has 1 atom stereocenters. The van der Waals surface area contributed by atoms with Crippen LogP contribution in [0, 0.1) is 5.92 Å². The molecule has 1 aromatic rings. The van der Waals surface area contributed by atoms with E-state index in [9.17, 15) is 0 Å². The molecule has 0 aliphatic carbocycles. The van der Waals surface area contributed by atoms with Crippen LogP contribution in [0.2, 0.25) is 5.02 Å². The Bertz CT molecular complexity index is 404. The Labute approximate surface area is 114 Å². The van der Waals surface area contributed by atoms with Gasteiger partial charge in [-0.2, -0.15) is 0 Å². The Morgan fingerprint density at radius 3 is 2.53 bits per heavy atom. The lowest BCUT2D eigenvalue weighted by Gasteiger charge is -2.22. The van der Waals surface area contributed by atoms with Gasteiger partial charge in [-0.3, -0.25) is 0 Å². The van der Waals surface area contributed by atoms with Crippen LogP contribution in [0.1, 0.15) is 32.8 Å². The van der Waals surface area contributed by atoms with Gasteiger partial charge in [0.1, 0.15) is 4.99 Å². The van der Waals surface area contributed by atoms with Gasteiger partial charge in [0.15, 0.2) is 0 Å². The van der Waals surface area contributed by atoms with Crippen LogP contribution in [-0.2, 0) is 0 Å². The summed E-state index contributed by atoms with van der Waals surface area (Å²) < 4.78 is 0. The highest BCUT2D eigenvalue weighted by molar-refractivity contribution is 7.80. The lowest BCUT2D eigenvalue weighted by atomic mass is 10.0. The van der Waals surface area contributed by atoms with Crippen molar-refractivity contribution in [1.82, 2.24) is 0 Å². The second kappa shape index (κ2) is 6.22. The molecular formula is C13H19ClN2S. The number of halogens is 1. The number of nitrogens with one attached hydrogen (secondary N) is 1. The van der Waals surface area contributed by atoms with Gasteiger partial charge in [0.25, 0.3) is 0 Å². The van der Waals surface area contributed by atoms with Gasteiger partial charge in [-0.25, -0.2) is 0 Å². The fourth-order valence-electron chi connectivity index (χ4n) is 1.76. The average Bonchev–Trinajstić information content (AvgIpc) is 2.24. The SMILES string of the molecule is CCC(Nc1ccc(C(N)=S)c(Cl)c1)C(C)C. The number of anilines is 1. The van der Waals surface area contributed by atoms with Crippen molar-refractivity contribution in [3.8, 4) is 0 Å². The molecule has 0 aromatic heterocycles. The zero-order valence-corrected chi connectivity index (χ0v) is 12.0. The van der Waals surface area contributed by atoms with E-state index in [1.54, 1.807) is 0 Å². The van der Waals surface area contributed by atoms with E-state index in [-0.39, 0.29) is 0 Å². The highest BCUT2D eigenvalue weighted by atomic mass is 35.5. The number of hydrogen-bond acceptors (Lipinski definition) is 2. The zero-order chi connectivity index (χ0) is 13.0. The second-order valence-electron chi connectivity index (χ2n) is 4.46. The summed E-state index contributed by atoms with van der Waals surface area (Å²) in [6.07, 6.45) is 1.08. The number of benzene rings is 1. The Hall–Kier alpha value is -0.800. The van der Waals surface area contributed by atoms with Gasteiger partial charge >= 0.3 is 0 Å². The molecule has 17 heavy (non-hydrogen) atoms. The van der Waals surface area contributed by atoms with Crippen LogP contribution in [0.5, 0.6) is 0 Å². The third-order valence-corrected chi connectivity index (χ3v) is 3.36. The summed E-state index contributed by atoms with van der Waals surface area (Å²) in [5, 5.41) is 4.06. The molecule has 94 valence electrons. The molecule has 1 unspecified atom stereocenters. The first kappa shape index (κ1) is 14.3. The van der Waals surface area contributed by atoms with Gasteiger partial charge in [0.2, 0.25) is 0 Å². The highest BCUT2D eigenvalue weighted by Gasteiger charge is 2.11. The number of rotatable bonds is 5. The van der Waals surface area contributed by atoms with Gasteiger partial charge in [0, 0.05) is 17.3 Å². The summed E-state index contributed by atoms with van der Waals surface area (Å²) in [5.74, 6) is 0.578. The third kappa shape index (κ3) is 3.86. The molecule has 0 saturated carbocycles. The number of nitrogens with two attached hydrogens (primary N) is 1. The maximum absolute atomic E-state index is 6.12. The van der Waals surface area contributed by atoms with Gasteiger partial charge in [-0.05, 0) is 30.5 Å². The molecule has 0 radical (unpaired) electrons. The van der Waals surface area contributed by atoms with Gasteiger partial charge < -0.3 is 11.1 Å². The molecule has 3 N–H and O–H groups in total. The van der Waals surface area contributed by atoms with Crippen LogP contribution in [-0.4, -0.2) is 11.0 Å². The summed E-state index contributed by atoms with van der Waals surface area (Å²) in [6.45, 7) is 6.57. The molecule has 0 amide bonds. The van der Waals surface area contributed by atoms with Crippen LogP contribution >= 0.6 is 23.8 Å². The van der Waals surface area contributed by atoms with E-state index in [2.05, 4.69) is 26.1 Å². The zero-order valence-electron chi connectivity index (χ0n) is 10.5. The minimum atomic E-state index is 0.331. The minimum Gasteiger partial charge on any atom is -0.389 e. The monoisotopic (exact) mass is 270 g/mol. The maximum Gasteiger partial charge on any atom is 0.105 e. The Morgan fingerprint density at radius 2 is 2.12 bits per heavy atom.